The van der Waals surface area contributed by atoms with Crippen molar-refractivity contribution in [2.45, 2.75) is 0 Å². The number of aromatic nitrogens is 2. The summed E-state index contributed by atoms with van der Waals surface area (Å²) in [6.45, 7) is 0. The molecule has 4 aromatic rings. The van der Waals surface area contributed by atoms with Gasteiger partial charge in [0.15, 0.2) is 0 Å². The van der Waals surface area contributed by atoms with Gasteiger partial charge in [0.2, 0.25) is 0 Å². The van der Waals surface area contributed by atoms with Crippen LogP contribution in [0.5, 0.6) is 5.75 Å². The standard InChI is InChI=1S/C19H12Cl2N2O/c20-13-7-5-8-14(21)17(13)19-22-18(12-6-1-2-10-16(12)24)15-9-3-4-11-23(15)19/h1-11,24H. The van der Waals surface area contributed by atoms with Crippen LogP contribution in [0, 0.1) is 0 Å². The molecule has 0 amide bonds. The molecule has 0 aliphatic heterocycles. The van der Waals surface area contributed by atoms with Crippen LogP contribution in [0.2, 0.25) is 10.0 Å². The third-order valence-electron chi connectivity index (χ3n) is 3.89. The summed E-state index contributed by atoms with van der Waals surface area (Å²) in [6, 6.07) is 18.3. The van der Waals surface area contributed by atoms with E-state index in [1.54, 1.807) is 30.3 Å². The number of nitrogens with zero attached hydrogens (tertiary/aromatic N) is 2. The number of halogens is 2. The van der Waals surface area contributed by atoms with Crippen LogP contribution in [0.3, 0.4) is 0 Å². The average molecular weight is 355 g/mol. The first-order valence-electron chi connectivity index (χ1n) is 7.36. The highest BCUT2D eigenvalue weighted by atomic mass is 35.5. The van der Waals surface area contributed by atoms with Crippen LogP contribution in [0.25, 0.3) is 28.2 Å². The maximum absolute atomic E-state index is 10.2. The summed E-state index contributed by atoms with van der Waals surface area (Å²) >= 11 is 12.7. The van der Waals surface area contributed by atoms with Gasteiger partial charge in [-0.3, -0.25) is 4.40 Å². The van der Waals surface area contributed by atoms with Crippen LogP contribution < -0.4 is 0 Å². The second kappa shape index (κ2) is 5.86. The molecule has 0 atom stereocenters. The summed E-state index contributed by atoms with van der Waals surface area (Å²) in [5.41, 5.74) is 2.88. The third kappa shape index (κ3) is 2.33. The van der Waals surface area contributed by atoms with Crippen molar-refractivity contribution in [3.05, 3.63) is 76.9 Å². The Morgan fingerprint density at radius 1 is 0.833 bits per heavy atom. The minimum atomic E-state index is 0.179. The molecule has 0 unspecified atom stereocenters. The Hall–Kier alpha value is -2.49. The largest absolute Gasteiger partial charge is 0.507 e. The minimum Gasteiger partial charge on any atom is -0.507 e. The molecular formula is C19H12Cl2N2O. The fourth-order valence-electron chi connectivity index (χ4n) is 2.80. The van der Waals surface area contributed by atoms with Crippen LogP contribution in [-0.2, 0) is 0 Å². The lowest BCUT2D eigenvalue weighted by molar-refractivity contribution is 0.477. The van der Waals surface area contributed by atoms with E-state index in [-0.39, 0.29) is 5.75 Å². The van der Waals surface area contributed by atoms with E-state index in [1.807, 2.05) is 40.9 Å². The Kier molecular flexibility index (Phi) is 3.68. The topological polar surface area (TPSA) is 37.5 Å². The number of benzene rings is 2. The lowest BCUT2D eigenvalue weighted by atomic mass is 10.1. The molecular weight excluding hydrogens is 343 g/mol. The van der Waals surface area contributed by atoms with Crippen molar-refractivity contribution in [2.24, 2.45) is 0 Å². The molecule has 0 saturated heterocycles. The van der Waals surface area contributed by atoms with Gasteiger partial charge in [-0.2, -0.15) is 0 Å². The molecule has 2 aromatic carbocycles. The molecule has 3 nitrogen and oxygen atoms in total. The van der Waals surface area contributed by atoms with Crippen LogP contribution in [-0.4, -0.2) is 14.5 Å². The third-order valence-corrected chi connectivity index (χ3v) is 4.52. The van der Waals surface area contributed by atoms with Gasteiger partial charge >= 0.3 is 0 Å². The molecule has 0 aliphatic carbocycles. The Morgan fingerprint density at radius 3 is 2.29 bits per heavy atom. The van der Waals surface area contributed by atoms with Crippen molar-refractivity contribution in [2.75, 3.05) is 0 Å². The fraction of sp³-hybridized carbons (Fsp3) is 0. The smallest absolute Gasteiger partial charge is 0.148 e. The molecule has 0 spiro atoms. The number of para-hydroxylation sites is 1. The maximum atomic E-state index is 10.2. The van der Waals surface area contributed by atoms with E-state index in [0.717, 1.165) is 5.52 Å². The zero-order valence-electron chi connectivity index (χ0n) is 12.4. The molecule has 5 heteroatoms. The molecule has 118 valence electrons. The average Bonchev–Trinajstić information content (AvgIpc) is 2.95. The van der Waals surface area contributed by atoms with Gasteiger partial charge in [0.25, 0.3) is 0 Å². The van der Waals surface area contributed by atoms with E-state index >= 15 is 0 Å². The van der Waals surface area contributed by atoms with Crippen LogP contribution in [0.1, 0.15) is 0 Å². The van der Waals surface area contributed by atoms with E-state index < -0.39 is 0 Å². The number of phenols is 1. The Morgan fingerprint density at radius 2 is 1.54 bits per heavy atom. The number of hydrogen-bond acceptors (Lipinski definition) is 2. The first-order chi connectivity index (χ1) is 11.7. The summed E-state index contributed by atoms with van der Waals surface area (Å²) < 4.78 is 1.93. The molecule has 0 aliphatic rings. The van der Waals surface area contributed by atoms with Crippen molar-refractivity contribution in [1.82, 2.24) is 9.38 Å². The summed E-state index contributed by atoms with van der Waals surface area (Å²) in [7, 11) is 0. The Bertz CT molecular complexity index is 1040. The predicted octanol–water partition coefficient (Wildman–Crippen LogP) is 5.68. The molecule has 4 rings (SSSR count). The molecule has 0 saturated carbocycles. The monoisotopic (exact) mass is 354 g/mol. The zero-order valence-corrected chi connectivity index (χ0v) is 14.0. The maximum Gasteiger partial charge on any atom is 0.148 e. The van der Waals surface area contributed by atoms with Gasteiger partial charge in [-0.25, -0.2) is 4.98 Å². The molecule has 1 N–H and O–H groups in total. The first kappa shape index (κ1) is 15.1. The second-order valence-corrected chi connectivity index (χ2v) is 6.17. The van der Waals surface area contributed by atoms with Gasteiger partial charge in [-0.1, -0.05) is 47.5 Å². The van der Waals surface area contributed by atoms with Crippen molar-refractivity contribution < 1.29 is 5.11 Å². The Labute approximate surface area is 148 Å². The highest BCUT2D eigenvalue weighted by Gasteiger charge is 2.19. The number of hydrogen-bond donors (Lipinski definition) is 1. The number of imidazole rings is 1. The SMILES string of the molecule is Oc1ccccc1-c1nc(-c2c(Cl)cccc2Cl)n2ccccc12. The zero-order chi connectivity index (χ0) is 16.7. The minimum absolute atomic E-state index is 0.179. The molecule has 2 aromatic heterocycles. The van der Waals surface area contributed by atoms with E-state index in [2.05, 4.69) is 0 Å². The molecule has 2 heterocycles. The quantitative estimate of drug-likeness (QED) is 0.502. The van der Waals surface area contributed by atoms with E-state index in [0.29, 0.717) is 32.7 Å². The van der Waals surface area contributed by atoms with Crippen molar-refractivity contribution in [3.8, 4) is 28.4 Å². The molecule has 0 bridgehead atoms. The molecule has 24 heavy (non-hydrogen) atoms. The Balaban J connectivity index is 2.08. The summed E-state index contributed by atoms with van der Waals surface area (Å²) in [4.78, 5) is 4.75. The van der Waals surface area contributed by atoms with Gasteiger partial charge in [-0.15, -0.1) is 0 Å². The van der Waals surface area contributed by atoms with Gasteiger partial charge in [-0.05, 0) is 36.4 Å². The van der Waals surface area contributed by atoms with Crippen LogP contribution in [0.4, 0.5) is 0 Å². The number of fused-ring (bicyclic) bond motifs is 1. The summed E-state index contributed by atoms with van der Waals surface area (Å²) in [5, 5.41) is 11.3. The van der Waals surface area contributed by atoms with Crippen molar-refractivity contribution in [1.29, 1.82) is 0 Å². The fourth-order valence-corrected chi connectivity index (χ4v) is 3.36. The van der Waals surface area contributed by atoms with Crippen LogP contribution in [0.15, 0.2) is 66.9 Å². The van der Waals surface area contributed by atoms with Crippen LogP contribution >= 0.6 is 23.2 Å². The number of rotatable bonds is 2. The number of aromatic hydroxyl groups is 1. The first-order valence-corrected chi connectivity index (χ1v) is 8.12. The van der Waals surface area contributed by atoms with E-state index in [9.17, 15) is 5.11 Å². The molecule has 0 radical (unpaired) electrons. The van der Waals surface area contributed by atoms with Gasteiger partial charge in [0, 0.05) is 11.8 Å². The van der Waals surface area contributed by atoms with Gasteiger partial charge in [0.1, 0.15) is 17.3 Å². The number of phenolic OH excluding ortho intramolecular Hbond substituents is 1. The van der Waals surface area contributed by atoms with Crippen molar-refractivity contribution in [3.63, 3.8) is 0 Å². The second-order valence-electron chi connectivity index (χ2n) is 5.35. The van der Waals surface area contributed by atoms with Gasteiger partial charge in [0.05, 0.1) is 21.1 Å². The lowest BCUT2D eigenvalue weighted by Gasteiger charge is -2.05. The predicted molar refractivity (Wildman–Crippen MR) is 97.7 cm³/mol. The lowest BCUT2D eigenvalue weighted by Crippen LogP contribution is -1.90. The highest BCUT2D eigenvalue weighted by molar-refractivity contribution is 6.39. The van der Waals surface area contributed by atoms with E-state index in [4.69, 9.17) is 28.2 Å². The highest BCUT2D eigenvalue weighted by Crippen LogP contribution is 2.38. The van der Waals surface area contributed by atoms with Crippen molar-refractivity contribution >= 4 is 28.7 Å². The number of pyridine rings is 1. The van der Waals surface area contributed by atoms with E-state index in [1.165, 1.54) is 0 Å². The molecule has 0 fully saturated rings. The summed E-state index contributed by atoms with van der Waals surface area (Å²) in [6.07, 6.45) is 1.90. The normalized spacial score (nSPS) is 11.1. The van der Waals surface area contributed by atoms with Gasteiger partial charge < -0.3 is 5.11 Å². The summed E-state index contributed by atoms with van der Waals surface area (Å²) in [5.74, 6) is 0.817.